The lowest BCUT2D eigenvalue weighted by Gasteiger charge is -2.13. The number of amides is 2. The quantitative estimate of drug-likeness (QED) is 0.312. The van der Waals surface area contributed by atoms with E-state index in [-0.39, 0.29) is 23.7 Å². The number of hydrazone groups is 1. The monoisotopic (exact) mass is 198 g/mol. The molecular weight excluding hydrogens is 184 g/mol. The van der Waals surface area contributed by atoms with Crippen LogP contribution < -0.4 is 16.7 Å². The van der Waals surface area contributed by atoms with Gasteiger partial charge in [-0.3, -0.25) is 15.0 Å². The molecule has 2 amide bonds. The first-order valence-corrected chi connectivity index (χ1v) is 4.40. The van der Waals surface area contributed by atoms with Gasteiger partial charge >= 0.3 is 0 Å². The zero-order chi connectivity index (χ0) is 10.7. The summed E-state index contributed by atoms with van der Waals surface area (Å²) in [6.45, 7) is 3.48. The Morgan fingerprint density at radius 2 is 2.43 bits per heavy atom. The van der Waals surface area contributed by atoms with Gasteiger partial charge in [-0.15, -0.1) is 0 Å². The van der Waals surface area contributed by atoms with Gasteiger partial charge < -0.3 is 0 Å². The zero-order valence-corrected chi connectivity index (χ0v) is 8.20. The minimum Gasteiger partial charge on any atom is -0.294 e. The van der Waals surface area contributed by atoms with Crippen LogP contribution in [0.1, 0.15) is 20.3 Å². The molecule has 0 fully saturated rings. The highest BCUT2D eigenvalue weighted by Crippen LogP contribution is 2.17. The van der Waals surface area contributed by atoms with Gasteiger partial charge in [0.2, 0.25) is 11.8 Å². The standard InChI is InChI=1S/C8H14N4O2/c1-4(7(13)10-9)3-6-5(2)11-12-8(6)14/h4,6H,3,9H2,1-2H3,(H,10,13)(H,12,14)/t4-,6+/m0/s1. The lowest BCUT2D eigenvalue weighted by molar-refractivity contribution is -0.126. The molecule has 0 aliphatic carbocycles. The second kappa shape index (κ2) is 4.19. The van der Waals surface area contributed by atoms with E-state index in [9.17, 15) is 9.59 Å². The van der Waals surface area contributed by atoms with Gasteiger partial charge in [0, 0.05) is 11.6 Å². The van der Waals surface area contributed by atoms with Crippen LogP contribution in [0.4, 0.5) is 0 Å². The molecule has 1 aliphatic heterocycles. The summed E-state index contributed by atoms with van der Waals surface area (Å²) >= 11 is 0. The Labute approximate surface area is 81.9 Å². The van der Waals surface area contributed by atoms with E-state index in [1.165, 1.54) is 0 Å². The highest BCUT2D eigenvalue weighted by atomic mass is 16.2. The van der Waals surface area contributed by atoms with Gasteiger partial charge in [0.15, 0.2) is 0 Å². The molecule has 0 bridgehead atoms. The highest BCUT2D eigenvalue weighted by molar-refractivity contribution is 6.07. The molecular formula is C8H14N4O2. The number of hydrogen-bond donors (Lipinski definition) is 3. The van der Waals surface area contributed by atoms with Crippen molar-refractivity contribution in [3.8, 4) is 0 Å². The average Bonchev–Trinajstić information content (AvgIpc) is 2.48. The molecule has 0 aromatic carbocycles. The molecule has 0 aromatic heterocycles. The first-order chi connectivity index (χ1) is 6.56. The van der Waals surface area contributed by atoms with Crippen molar-refractivity contribution in [2.75, 3.05) is 0 Å². The van der Waals surface area contributed by atoms with E-state index < -0.39 is 0 Å². The molecule has 0 radical (unpaired) electrons. The molecule has 4 N–H and O–H groups in total. The lowest BCUT2D eigenvalue weighted by atomic mass is 9.92. The van der Waals surface area contributed by atoms with Crippen molar-refractivity contribution in [2.45, 2.75) is 20.3 Å². The number of rotatable bonds is 3. The number of nitrogens with two attached hydrogens (primary N) is 1. The molecule has 78 valence electrons. The lowest BCUT2D eigenvalue weighted by Crippen LogP contribution is -2.37. The maximum Gasteiger partial charge on any atom is 0.248 e. The first-order valence-electron chi connectivity index (χ1n) is 4.40. The molecule has 1 aliphatic rings. The summed E-state index contributed by atoms with van der Waals surface area (Å²) < 4.78 is 0. The fourth-order valence-electron chi connectivity index (χ4n) is 1.37. The highest BCUT2D eigenvalue weighted by Gasteiger charge is 2.30. The number of carbonyl (C=O) groups excluding carboxylic acids is 2. The van der Waals surface area contributed by atoms with Crippen molar-refractivity contribution >= 4 is 17.5 Å². The van der Waals surface area contributed by atoms with Crippen molar-refractivity contribution < 1.29 is 9.59 Å². The zero-order valence-electron chi connectivity index (χ0n) is 8.20. The van der Waals surface area contributed by atoms with Gasteiger partial charge in [0.05, 0.1) is 5.92 Å². The van der Waals surface area contributed by atoms with Gasteiger partial charge in [-0.05, 0) is 13.3 Å². The fraction of sp³-hybridized carbons (Fsp3) is 0.625. The van der Waals surface area contributed by atoms with Crippen LogP contribution in [0, 0.1) is 11.8 Å². The molecule has 0 saturated carbocycles. The molecule has 2 atom stereocenters. The smallest absolute Gasteiger partial charge is 0.248 e. The Hall–Kier alpha value is -1.43. The molecule has 0 unspecified atom stereocenters. The molecule has 6 heteroatoms. The van der Waals surface area contributed by atoms with Gasteiger partial charge in [-0.25, -0.2) is 11.3 Å². The van der Waals surface area contributed by atoms with Crippen molar-refractivity contribution in [3.63, 3.8) is 0 Å². The average molecular weight is 198 g/mol. The number of carbonyl (C=O) groups is 2. The number of hydrazine groups is 1. The van der Waals surface area contributed by atoms with E-state index in [0.717, 1.165) is 0 Å². The Kier molecular flexibility index (Phi) is 3.19. The van der Waals surface area contributed by atoms with Crippen LogP contribution in [0.5, 0.6) is 0 Å². The van der Waals surface area contributed by atoms with Crippen LogP contribution >= 0.6 is 0 Å². The molecule has 1 rings (SSSR count). The first kappa shape index (κ1) is 10.6. The third-order valence-corrected chi connectivity index (χ3v) is 2.34. The van der Waals surface area contributed by atoms with E-state index in [4.69, 9.17) is 5.84 Å². The minimum atomic E-state index is -0.303. The molecule has 0 aromatic rings. The molecule has 14 heavy (non-hydrogen) atoms. The Morgan fingerprint density at radius 1 is 1.79 bits per heavy atom. The third kappa shape index (κ3) is 2.08. The van der Waals surface area contributed by atoms with E-state index in [2.05, 4.69) is 16.0 Å². The van der Waals surface area contributed by atoms with E-state index in [0.29, 0.717) is 12.1 Å². The summed E-state index contributed by atoms with van der Waals surface area (Å²) in [5.74, 6) is 3.97. The van der Waals surface area contributed by atoms with E-state index in [1.807, 2.05) is 0 Å². The Balaban J connectivity index is 2.56. The number of hydrogen-bond acceptors (Lipinski definition) is 4. The minimum absolute atomic E-state index is 0.154. The van der Waals surface area contributed by atoms with Crippen molar-refractivity contribution in [3.05, 3.63) is 0 Å². The maximum absolute atomic E-state index is 11.2. The van der Waals surface area contributed by atoms with Gasteiger partial charge in [0.25, 0.3) is 0 Å². The van der Waals surface area contributed by atoms with Crippen LogP contribution in [-0.4, -0.2) is 17.5 Å². The van der Waals surface area contributed by atoms with Crippen LogP contribution in [-0.2, 0) is 9.59 Å². The predicted octanol–water partition coefficient (Wildman–Crippen LogP) is -0.876. The SMILES string of the molecule is CC1=NNC(=O)[C@@H]1C[C@H](C)C(=O)NN. The molecule has 0 spiro atoms. The predicted molar refractivity (Wildman–Crippen MR) is 50.9 cm³/mol. The van der Waals surface area contributed by atoms with Crippen LogP contribution in [0.2, 0.25) is 0 Å². The second-order valence-electron chi connectivity index (χ2n) is 3.43. The fourth-order valence-corrected chi connectivity index (χ4v) is 1.37. The van der Waals surface area contributed by atoms with Gasteiger partial charge in [-0.1, -0.05) is 6.92 Å². The summed E-state index contributed by atoms with van der Waals surface area (Å²) in [6.07, 6.45) is 0.435. The van der Waals surface area contributed by atoms with Gasteiger partial charge in [-0.2, -0.15) is 5.10 Å². The van der Waals surface area contributed by atoms with Gasteiger partial charge in [0.1, 0.15) is 0 Å². The second-order valence-corrected chi connectivity index (χ2v) is 3.43. The molecule has 1 heterocycles. The number of nitrogens with one attached hydrogen (secondary N) is 2. The van der Waals surface area contributed by atoms with Crippen LogP contribution in [0.25, 0.3) is 0 Å². The van der Waals surface area contributed by atoms with Crippen LogP contribution in [0.15, 0.2) is 5.10 Å². The van der Waals surface area contributed by atoms with E-state index in [1.54, 1.807) is 13.8 Å². The van der Waals surface area contributed by atoms with Crippen molar-refractivity contribution in [1.29, 1.82) is 0 Å². The Morgan fingerprint density at radius 3 is 2.86 bits per heavy atom. The topological polar surface area (TPSA) is 96.6 Å². The Bertz CT molecular complexity index is 287. The van der Waals surface area contributed by atoms with Crippen molar-refractivity contribution in [2.24, 2.45) is 22.8 Å². The normalized spacial score (nSPS) is 22.6. The summed E-state index contributed by atoms with van der Waals surface area (Å²) in [4.78, 5) is 22.3. The maximum atomic E-state index is 11.2. The number of nitrogens with zero attached hydrogens (tertiary/aromatic N) is 1. The molecule has 6 nitrogen and oxygen atoms in total. The van der Waals surface area contributed by atoms with E-state index >= 15 is 0 Å². The summed E-state index contributed by atoms with van der Waals surface area (Å²) in [6, 6.07) is 0. The summed E-state index contributed by atoms with van der Waals surface area (Å²) in [7, 11) is 0. The summed E-state index contributed by atoms with van der Waals surface area (Å²) in [5, 5.41) is 3.79. The summed E-state index contributed by atoms with van der Waals surface area (Å²) in [5.41, 5.74) is 5.14. The largest absolute Gasteiger partial charge is 0.294 e. The van der Waals surface area contributed by atoms with Crippen LogP contribution in [0.3, 0.4) is 0 Å². The van der Waals surface area contributed by atoms with Crippen molar-refractivity contribution in [1.82, 2.24) is 10.9 Å². The molecule has 0 saturated heterocycles. The third-order valence-electron chi connectivity index (χ3n) is 2.34.